The average Bonchev–Trinajstić information content (AvgIpc) is 3.10. The van der Waals surface area contributed by atoms with Crippen molar-refractivity contribution in [2.24, 2.45) is 5.92 Å². The summed E-state index contributed by atoms with van der Waals surface area (Å²) in [5.74, 6) is 0.473. The van der Waals surface area contributed by atoms with Crippen LogP contribution in [0.15, 0.2) is 24.3 Å². The first kappa shape index (κ1) is 12.5. The SMILES string of the molecule is N#CN1CC[C@H](CNC(=O)c2nc3ccccc3[nH]2)C1. The van der Waals surface area contributed by atoms with Gasteiger partial charge >= 0.3 is 0 Å². The Bertz CT molecular complexity index is 638. The molecule has 1 atom stereocenters. The summed E-state index contributed by atoms with van der Waals surface area (Å²) in [7, 11) is 0. The Balaban J connectivity index is 1.61. The van der Waals surface area contributed by atoms with Crippen LogP contribution in [0, 0.1) is 17.4 Å². The summed E-state index contributed by atoms with van der Waals surface area (Å²) in [5, 5.41) is 11.7. The zero-order valence-electron chi connectivity index (χ0n) is 11.0. The van der Waals surface area contributed by atoms with E-state index in [1.165, 1.54) is 0 Å². The summed E-state index contributed by atoms with van der Waals surface area (Å²) < 4.78 is 0. The van der Waals surface area contributed by atoms with E-state index in [9.17, 15) is 4.79 Å². The lowest BCUT2D eigenvalue weighted by atomic mass is 10.1. The van der Waals surface area contributed by atoms with Crippen molar-refractivity contribution in [1.29, 1.82) is 5.26 Å². The zero-order chi connectivity index (χ0) is 13.9. The summed E-state index contributed by atoms with van der Waals surface area (Å²) in [4.78, 5) is 21.0. The van der Waals surface area contributed by atoms with Crippen molar-refractivity contribution >= 4 is 16.9 Å². The van der Waals surface area contributed by atoms with Gasteiger partial charge in [0.15, 0.2) is 12.0 Å². The maximum Gasteiger partial charge on any atom is 0.287 e. The fourth-order valence-electron chi connectivity index (χ4n) is 2.47. The monoisotopic (exact) mass is 269 g/mol. The zero-order valence-corrected chi connectivity index (χ0v) is 11.0. The van der Waals surface area contributed by atoms with E-state index in [1.807, 2.05) is 24.3 Å². The van der Waals surface area contributed by atoms with Crippen molar-refractivity contribution in [2.75, 3.05) is 19.6 Å². The van der Waals surface area contributed by atoms with Crippen molar-refractivity contribution in [1.82, 2.24) is 20.2 Å². The van der Waals surface area contributed by atoms with Crippen LogP contribution in [-0.4, -0.2) is 40.4 Å². The van der Waals surface area contributed by atoms with Gasteiger partial charge in [-0.1, -0.05) is 12.1 Å². The first-order valence-electron chi connectivity index (χ1n) is 6.64. The molecule has 0 spiro atoms. The van der Waals surface area contributed by atoms with Gasteiger partial charge in [0.05, 0.1) is 11.0 Å². The number of likely N-dealkylation sites (tertiary alicyclic amines) is 1. The van der Waals surface area contributed by atoms with Gasteiger partial charge in [-0.05, 0) is 24.5 Å². The highest BCUT2D eigenvalue weighted by Gasteiger charge is 2.22. The quantitative estimate of drug-likeness (QED) is 0.817. The summed E-state index contributed by atoms with van der Waals surface area (Å²) >= 11 is 0. The normalized spacial score (nSPS) is 18.1. The first-order valence-corrected chi connectivity index (χ1v) is 6.64. The minimum Gasteiger partial charge on any atom is -0.349 e. The van der Waals surface area contributed by atoms with Crippen LogP contribution in [0.5, 0.6) is 0 Å². The fraction of sp³-hybridized carbons (Fsp3) is 0.357. The largest absolute Gasteiger partial charge is 0.349 e. The molecule has 2 aromatic rings. The average molecular weight is 269 g/mol. The molecule has 0 radical (unpaired) electrons. The van der Waals surface area contributed by atoms with Crippen LogP contribution in [0.1, 0.15) is 17.0 Å². The van der Waals surface area contributed by atoms with Crippen molar-refractivity contribution in [2.45, 2.75) is 6.42 Å². The predicted molar refractivity (Wildman–Crippen MR) is 73.7 cm³/mol. The summed E-state index contributed by atoms with van der Waals surface area (Å²) in [6.07, 6.45) is 3.07. The number of rotatable bonds is 3. The molecule has 1 saturated heterocycles. The van der Waals surface area contributed by atoms with Crippen LogP contribution in [-0.2, 0) is 0 Å². The second-order valence-electron chi connectivity index (χ2n) is 5.01. The third-order valence-corrected chi connectivity index (χ3v) is 3.58. The maximum absolute atomic E-state index is 12.0. The summed E-state index contributed by atoms with van der Waals surface area (Å²) in [6.45, 7) is 2.08. The van der Waals surface area contributed by atoms with Crippen molar-refractivity contribution in [3.63, 3.8) is 0 Å². The minimum atomic E-state index is -0.198. The Labute approximate surface area is 116 Å². The van der Waals surface area contributed by atoms with Crippen LogP contribution >= 0.6 is 0 Å². The van der Waals surface area contributed by atoms with E-state index < -0.39 is 0 Å². The number of fused-ring (bicyclic) bond motifs is 1. The Morgan fingerprint density at radius 3 is 3.15 bits per heavy atom. The highest BCUT2D eigenvalue weighted by atomic mass is 16.2. The van der Waals surface area contributed by atoms with Crippen molar-refractivity contribution in [3.05, 3.63) is 30.1 Å². The van der Waals surface area contributed by atoms with E-state index in [0.29, 0.717) is 18.3 Å². The Morgan fingerprint density at radius 2 is 2.40 bits per heavy atom. The second-order valence-corrected chi connectivity index (χ2v) is 5.01. The number of hydrogen-bond acceptors (Lipinski definition) is 4. The van der Waals surface area contributed by atoms with Crippen molar-refractivity contribution < 1.29 is 4.79 Å². The molecule has 0 bridgehead atoms. The highest BCUT2D eigenvalue weighted by Crippen LogP contribution is 2.14. The molecular formula is C14H15N5O. The number of aromatic amines is 1. The number of hydrogen-bond donors (Lipinski definition) is 2. The molecular weight excluding hydrogens is 254 g/mol. The van der Waals surface area contributed by atoms with Gasteiger partial charge < -0.3 is 15.2 Å². The van der Waals surface area contributed by atoms with Gasteiger partial charge in [-0.15, -0.1) is 0 Å². The lowest BCUT2D eigenvalue weighted by Gasteiger charge is -2.10. The lowest BCUT2D eigenvalue weighted by molar-refractivity contribution is 0.0938. The second kappa shape index (κ2) is 5.21. The van der Waals surface area contributed by atoms with Gasteiger partial charge in [-0.2, -0.15) is 5.26 Å². The number of imidazole rings is 1. The summed E-state index contributed by atoms with van der Waals surface area (Å²) in [6, 6.07) is 7.54. The van der Waals surface area contributed by atoms with Crippen LogP contribution in [0.2, 0.25) is 0 Å². The van der Waals surface area contributed by atoms with E-state index in [2.05, 4.69) is 21.5 Å². The number of benzene rings is 1. The summed E-state index contributed by atoms with van der Waals surface area (Å²) in [5.41, 5.74) is 1.64. The molecule has 2 N–H and O–H groups in total. The van der Waals surface area contributed by atoms with E-state index in [4.69, 9.17) is 5.26 Å². The smallest absolute Gasteiger partial charge is 0.287 e. The number of aromatic nitrogens is 2. The van der Waals surface area contributed by atoms with Crippen LogP contribution in [0.3, 0.4) is 0 Å². The van der Waals surface area contributed by atoms with Gasteiger partial charge in [-0.3, -0.25) is 4.79 Å². The molecule has 2 heterocycles. The first-order chi connectivity index (χ1) is 9.76. The molecule has 1 amide bonds. The molecule has 102 valence electrons. The number of carbonyl (C=O) groups is 1. The number of nitriles is 1. The Kier molecular flexibility index (Phi) is 3.25. The Hall–Kier alpha value is -2.55. The molecule has 0 unspecified atom stereocenters. The van der Waals surface area contributed by atoms with Gasteiger partial charge in [0.1, 0.15) is 0 Å². The third kappa shape index (κ3) is 2.43. The number of amides is 1. The maximum atomic E-state index is 12.0. The number of nitrogens with zero attached hydrogens (tertiary/aromatic N) is 3. The number of nitrogens with one attached hydrogen (secondary N) is 2. The lowest BCUT2D eigenvalue weighted by Crippen LogP contribution is -2.31. The van der Waals surface area contributed by atoms with Gasteiger partial charge in [-0.25, -0.2) is 4.98 Å². The Morgan fingerprint density at radius 1 is 1.55 bits per heavy atom. The van der Waals surface area contributed by atoms with E-state index >= 15 is 0 Å². The molecule has 6 nitrogen and oxygen atoms in total. The molecule has 0 aliphatic carbocycles. The highest BCUT2D eigenvalue weighted by molar-refractivity contribution is 5.94. The van der Waals surface area contributed by atoms with Crippen molar-refractivity contribution in [3.8, 4) is 6.19 Å². The van der Waals surface area contributed by atoms with Gasteiger partial charge in [0.2, 0.25) is 0 Å². The molecule has 6 heteroatoms. The van der Waals surface area contributed by atoms with Crippen LogP contribution in [0.4, 0.5) is 0 Å². The molecule has 1 aromatic carbocycles. The number of carbonyl (C=O) groups excluding carboxylic acids is 1. The van der Waals surface area contributed by atoms with Crippen LogP contribution in [0.25, 0.3) is 11.0 Å². The van der Waals surface area contributed by atoms with Crippen LogP contribution < -0.4 is 5.32 Å². The minimum absolute atomic E-state index is 0.198. The molecule has 0 saturated carbocycles. The standard InChI is InChI=1S/C14H15N5O/c15-9-19-6-5-10(8-19)7-16-14(20)13-17-11-3-1-2-4-12(11)18-13/h1-4,10H,5-8H2,(H,16,20)(H,17,18)/t10-/m1/s1. The topological polar surface area (TPSA) is 84.8 Å². The van der Waals surface area contributed by atoms with E-state index in [0.717, 1.165) is 30.5 Å². The van der Waals surface area contributed by atoms with Gasteiger partial charge in [0, 0.05) is 19.6 Å². The molecule has 3 rings (SSSR count). The van der Waals surface area contributed by atoms with E-state index in [1.54, 1.807) is 4.90 Å². The molecule has 1 aliphatic rings. The van der Waals surface area contributed by atoms with Gasteiger partial charge in [0.25, 0.3) is 5.91 Å². The fourth-order valence-corrected chi connectivity index (χ4v) is 2.47. The number of para-hydroxylation sites is 2. The number of H-pyrrole nitrogens is 1. The molecule has 1 fully saturated rings. The predicted octanol–water partition coefficient (Wildman–Crippen LogP) is 1.10. The molecule has 1 aromatic heterocycles. The molecule has 20 heavy (non-hydrogen) atoms. The third-order valence-electron chi connectivity index (χ3n) is 3.58. The van der Waals surface area contributed by atoms with E-state index in [-0.39, 0.29) is 5.91 Å². The molecule has 1 aliphatic heterocycles.